The highest BCUT2D eigenvalue weighted by molar-refractivity contribution is 7.91. The van der Waals surface area contributed by atoms with Crippen LogP contribution in [0.25, 0.3) is 0 Å². The molecule has 0 unspecified atom stereocenters. The Bertz CT molecular complexity index is 544. The summed E-state index contributed by atoms with van der Waals surface area (Å²) in [4.78, 5) is 10.8. The first kappa shape index (κ1) is 14.5. The standard InChI is InChI=1S/C12H17NO4S2/c14-12(15)10-5-6-11(18-10)19(16,17)13-8-7-9-3-1-2-4-9/h5-6,9,13H,1-4,7-8H2,(H,14,15). The number of aromatic carboxylic acids is 1. The molecule has 1 saturated carbocycles. The molecule has 1 heterocycles. The molecule has 1 aromatic heterocycles. The minimum absolute atomic E-state index is 0.0381. The third kappa shape index (κ3) is 3.77. The van der Waals surface area contributed by atoms with Gasteiger partial charge in [0.2, 0.25) is 10.0 Å². The largest absolute Gasteiger partial charge is 0.477 e. The molecule has 1 aliphatic carbocycles. The number of rotatable bonds is 6. The molecule has 0 spiro atoms. The van der Waals surface area contributed by atoms with Gasteiger partial charge in [0, 0.05) is 6.54 Å². The molecule has 0 radical (unpaired) electrons. The van der Waals surface area contributed by atoms with Gasteiger partial charge in [-0.2, -0.15) is 0 Å². The third-order valence-electron chi connectivity index (χ3n) is 3.38. The zero-order chi connectivity index (χ0) is 13.9. The maximum atomic E-state index is 11.9. The van der Waals surface area contributed by atoms with Crippen molar-refractivity contribution in [2.45, 2.75) is 36.3 Å². The summed E-state index contributed by atoms with van der Waals surface area (Å²) in [6.07, 6.45) is 5.71. The van der Waals surface area contributed by atoms with Crippen molar-refractivity contribution in [2.24, 2.45) is 5.92 Å². The van der Waals surface area contributed by atoms with E-state index < -0.39 is 16.0 Å². The lowest BCUT2D eigenvalue weighted by atomic mass is 10.1. The van der Waals surface area contributed by atoms with Crippen LogP contribution in [0.5, 0.6) is 0 Å². The number of carboxylic acid groups (broad SMARTS) is 1. The van der Waals surface area contributed by atoms with Crippen LogP contribution in [0.15, 0.2) is 16.3 Å². The van der Waals surface area contributed by atoms with Crippen LogP contribution < -0.4 is 4.72 Å². The van der Waals surface area contributed by atoms with Crippen LogP contribution in [0.1, 0.15) is 41.8 Å². The van der Waals surface area contributed by atoms with Crippen molar-refractivity contribution in [3.05, 3.63) is 17.0 Å². The van der Waals surface area contributed by atoms with Crippen LogP contribution in [-0.2, 0) is 10.0 Å². The Labute approximate surface area is 116 Å². The molecule has 0 saturated heterocycles. The van der Waals surface area contributed by atoms with Gasteiger partial charge in [0.15, 0.2) is 0 Å². The maximum absolute atomic E-state index is 11.9. The summed E-state index contributed by atoms with van der Waals surface area (Å²) in [6, 6.07) is 2.66. The van der Waals surface area contributed by atoms with Gasteiger partial charge in [0.05, 0.1) is 0 Å². The second-order valence-electron chi connectivity index (χ2n) is 4.76. The van der Waals surface area contributed by atoms with Crippen molar-refractivity contribution in [3.63, 3.8) is 0 Å². The molecule has 0 bridgehead atoms. The van der Waals surface area contributed by atoms with Crippen molar-refractivity contribution in [3.8, 4) is 0 Å². The first-order valence-electron chi connectivity index (χ1n) is 6.32. The Hall–Kier alpha value is -0.920. The van der Waals surface area contributed by atoms with Gasteiger partial charge in [-0.15, -0.1) is 11.3 Å². The maximum Gasteiger partial charge on any atom is 0.345 e. The molecule has 0 atom stereocenters. The number of sulfonamides is 1. The van der Waals surface area contributed by atoms with Crippen LogP contribution in [0.3, 0.4) is 0 Å². The van der Waals surface area contributed by atoms with Crippen LogP contribution >= 0.6 is 11.3 Å². The van der Waals surface area contributed by atoms with Gasteiger partial charge in [0.25, 0.3) is 0 Å². The average molecular weight is 303 g/mol. The summed E-state index contributed by atoms with van der Waals surface area (Å²) in [7, 11) is -3.56. The summed E-state index contributed by atoms with van der Waals surface area (Å²) in [5, 5.41) is 8.78. The normalized spacial score (nSPS) is 16.8. The second-order valence-corrected chi connectivity index (χ2v) is 7.84. The molecule has 2 N–H and O–H groups in total. The van der Waals surface area contributed by atoms with E-state index in [9.17, 15) is 13.2 Å². The fraction of sp³-hybridized carbons (Fsp3) is 0.583. The van der Waals surface area contributed by atoms with Gasteiger partial charge in [-0.1, -0.05) is 25.7 Å². The molecule has 106 valence electrons. The van der Waals surface area contributed by atoms with Crippen molar-refractivity contribution in [1.29, 1.82) is 0 Å². The molecule has 7 heteroatoms. The summed E-state index contributed by atoms with van der Waals surface area (Å²) >= 11 is 0.781. The monoisotopic (exact) mass is 303 g/mol. The van der Waals surface area contributed by atoms with E-state index in [2.05, 4.69) is 4.72 Å². The van der Waals surface area contributed by atoms with E-state index in [1.54, 1.807) is 0 Å². The molecule has 1 aliphatic rings. The fourth-order valence-corrected chi connectivity index (χ4v) is 4.58. The highest BCUT2D eigenvalue weighted by atomic mass is 32.2. The fourth-order valence-electron chi connectivity index (χ4n) is 2.35. The van der Waals surface area contributed by atoms with Gasteiger partial charge in [-0.25, -0.2) is 17.9 Å². The average Bonchev–Trinajstić information content (AvgIpc) is 2.99. The van der Waals surface area contributed by atoms with Gasteiger partial charge in [0.1, 0.15) is 9.09 Å². The predicted molar refractivity (Wildman–Crippen MR) is 73.0 cm³/mol. The SMILES string of the molecule is O=C(O)c1ccc(S(=O)(=O)NCCC2CCCC2)s1. The molecule has 1 aromatic rings. The lowest BCUT2D eigenvalue weighted by Crippen LogP contribution is -2.25. The van der Waals surface area contributed by atoms with Gasteiger partial charge >= 0.3 is 5.97 Å². The number of thiophene rings is 1. The van der Waals surface area contributed by atoms with E-state index in [1.165, 1.54) is 37.8 Å². The quantitative estimate of drug-likeness (QED) is 0.844. The third-order valence-corrected chi connectivity index (χ3v) is 6.40. The highest BCUT2D eigenvalue weighted by Crippen LogP contribution is 2.27. The van der Waals surface area contributed by atoms with Gasteiger partial charge in [-0.05, 0) is 24.5 Å². The van der Waals surface area contributed by atoms with E-state index >= 15 is 0 Å². The van der Waals surface area contributed by atoms with E-state index in [1.807, 2.05) is 0 Å². The molecule has 5 nitrogen and oxygen atoms in total. The molecular weight excluding hydrogens is 286 g/mol. The molecule has 19 heavy (non-hydrogen) atoms. The van der Waals surface area contributed by atoms with Crippen LogP contribution in [-0.4, -0.2) is 26.0 Å². The molecule has 1 fully saturated rings. The van der Waals surface area contributed by atoms with Crippen LogP contribution in [0, 0.1) is 5.92 Å². The van der Waals surface area contributed by atoms with E-state index in [-0.39, 0.29) is 9.09 Å². The minimum atomic E-state index is -3.56. The van der Waals surface area contributed by atoms with Crippen molar-refractivity contribution >= 4 is 27.3 Å². The first-order valence-corrected chi connectivity index (χ1v) is 8.62. The number of hydrogen-bond donors (Lipinski definition) is 2. The summed E-state index contributed by atoms with van der Waals surface area (Å²) < 4.78 is 26.5. The molecule has 0 amide bonds. The van der Waals surface area contributed by atoms with E-state index in [0.717, 1.165) is 17.8 Å². The van der Waals surface area contributed by atoms with Crippen molar-refractivity contribution < 1.29 is 18.3 Å². The van der Waals surface area contributed by atoms with E-state index in [4.69, 9.17) is 5.11 Å². The van der Waals surface area contributed by atoms with Crippen LogP contribution in [0.2, 0.25) is 0 Å². The Morgan fingerprint density at radius 2 is 2.05 bits per heavy atom. The number of hydrogen-bond acceptors (Lipinski definition) is 4. The predicted octanol–water partition coefficient (Wildman–Crippen LogP) is 2.30. The number of carbonyl (C=O) groups is 1. The molecule has 0 aromatic carbocycles. The van der Waals surface area contributed by atoms with Crippen molar-refractivity contribution in [2.75, 3.05) is 6.54 Å². The lowest BCUT2D eigenvalue weighted by molar-refractivity contribution is 0.0702. The zero-order valence-electron chi connectivity index (χ0n) is 10.5. The Kier molecular flexibility index (Phi) is 4.59. The summed E-state index contributed by atoms with van der Waals surface area (Å²) in [5.41, 5.74) is 0. The number of carboxylic acids is 1. The first-order chi connectivity index (χ1) is 8.99. The van der Waals surface area contributed by atoms with Crippen molar-refractivity contribution in [1.82, 2.24) is 4.72 Å². The Balaban J connectivity index is 1.91. The zero-order valence-corrected chi connectivity index (χ0v) is 12.1. The smallest absolute Gasteiger partial charge is 0.345 e. The summed E-state index contributed by atoms with van der Waals surface area (Å²) in [5.74, 6) is -0.474. The molecule has 2 rings (SSSR count). The van der Waals surface area contributed by atoms with Gasteiger partial charge < -0.3 is 5.11 Å². The molecular formula is C12H17NO4S2. The highest BCUT2D eigenvalue weighted by Gasteiger charge is 2.20. The minimum Gasteiger partial charge on any atom is -0.477 e. The second kappa shape index (κ2) is 6.02. The topological polar surface area (TPSA) is 83.5 Å². The lowest BCUT2D eigenvalue weighted by Gasteiger charge is -2.09. The van der Waals surface area contributed by atoms with E-state index in [0.29, 0.717) is 12.5 Å². The van der Waals surface area contributed by atoms with Gasteiger partial charge in [-0.3, -0.25) is 0 Å². The summed E-state index contributed by atoms with van der Waals surface area (Å²) in [6.45, 7) is 0.424. The Morgan fingerprint density at radius 3 is 2.63 bits per heavy atom. The number of nitrogens with one attached hydrogen (secondary N) is 1. The Morgan fingerprint density at radius 1 is 1.37 bits per heavy atom. The molecule has 0 aliphatic heterocycles. The van der Waals surface area contributed by atoms with Crippen LogP contribution in [0.4, 0.5) is 0 Å².